The molecule has 1 aliphatic rings. The number of nitrogens with zero attached hydrogens (tertiary/aromatic N) is 3. The number of aromatic nitrogens is 4. The fraction of sp³-hybridized carbons (Fsp3) is 0.526. The zero-order valence-electron chi connectivity index (χ0n) is 18.2. The first-order valence-electron chi connectivity index (χ1n) is 9.79. The van der Waals surface area contributed by atoms with E-state index in [0.717, 1.165) is 38.6 Å². The minimum Gasteiger partial charge on any atom is -0.463 e. The molecule has 1 aliphatic heterocycles. The summed E-state index contributed by atoms with van der Waals surface area (Å²) in [5.41, 5.74) is -0.392. The number of aromatic amines is 1. The Morgan fingerprint density at radius 1 is 0.970 bits per heavy atom. The maximum absolute atomic E-state index is 13.0. The van der Waals surface area contributed by atoms with E-state index in [1.807, 2.05) is 0 Å². The lowest BCUT2D eigenvalue weighted by Gasteiger charge is -2.44. The molecule has 1 fully saturated rings. The van der Waals surface area contributed by atoms with Crippen molar-refractivity contribution in [3.63, 3.8) is 0 Å². The van der Waals surface area contributed by atoms with Gasteiger partial charge in [-0.15, -0.1) is 0 Å². The van der Waals surface area contributed by atoms with Gasteiger partial charge < -0.3 is 23.7 Å². The van der Waals surface area contributed by atoms with E-state index in [1.54, 1.807) is 0 Å². The zero-order chi connectivity index (χ0) is 24.3. The smallest absolute Gasteiger partial charge is 0.303 e. The van der Waals surface area contributed by atoms with Gasteiger partial charge in [-0.25, -0.2) is 4.98 Å². The lowest BCUT2D eigenvalue weighted by atomic mass is 9.97. The fourth-order valence-corrected chi connectivity index (χ4v) is 3.46. The Hall–Kier alpha value is -3.81. The Morgan fingerprint density at radius 3 is 2.18 bits per heavy atom. The summed E-state index contributed by atoms with van der Waals surface area (Å²) < 4.78 is 28.0. The quantitative estimate of drug-likeness (QED) is 0.422. The second-order valence-electron chi connectivity index (χ2n) is 7.18. The number of carbonyl (C=O) groups is 4. The summed E-state index contributed by atoms with van der Waals surface area (Å²) in [7, 11) is 0. The van der Waals surface area contributed by atoms with Gasteiger partial charge in [0.05, 0.1) is 6.20 Å². The normalized spacial score (nSPS) is 24.7. The molecule has 1 saturated heterocycles. The number of hydrogen-bond donors (Lipinski definition) is 1. The first-order chi connectivity index (χ1) is 15.6. The highest BCUT2D eigenvalue weighted by atomic mass is 16.7. The summed E-state index contributed by atoms with van der Waals surface area (Å²) in [5, 5.41) is 6.44. The number of ether oxygens (including phenoxy) is 5. The second-order valence-corrected chi connectivity index (χ2v) is 7.18. The molecule has 0 aliphatic carbocycles. The number of nitrogens with one attached hydrogen (secondary N) is 1. The van der Waals surface area contributed by atoms with Gasteiger partial charge in [0.15, 0.2) is 30.2 Å². The van der Waals surface area contributed by atoms with Crippen LogP contribution in [0.5, 0.6) is 0 Å². The van der Waals surface area contributed by atoms with Gasteiger partial charge in [0.2, 0.25) is 0 Å². The molecule has 0 aromatic carbocycles. The monoisotopic (exact) mass is 466 g/mol. The van der Waals surface area contributed by atoms with Crippen LogP contribution in [0.3, 0.4) is 0 Å². The standard InChI is InChI=1S/C19H22N4O10/c1-8(24)29-6-13-14(30-9(2)25)15(31-10(3)26)16(32-11(4)27)19(33-13)23-7-20-17-12(18(23)28)5-21-22-17/h5,7,13-16,19H,6H2,1-4H3,(H,21,22)/t13-,14+,15-,16+,19-/m0/s1. The highest BCUT2D eigenvalue weighted by molar-refractivity contribution is 5.72. The van der Waals surface area contributed by atoms with Crippen molar-refractivity contribution in [3.8, 4) is 0 Å². The molecule has 178 valence electrons. The molecule has 0 radical (unpaired) electrons. The SMILES string of the molecule is CC(=O)OC[C@@H]1O[C@H](n2cnc3[nH]ncc3c2=O)[C@H](OC(C)=O)[C@@H](OC(C)=O)[C@@H]1OC(C)=O. The lowest BCUT2D eigenvalue weighted by Crippen LogP contribution is -2.61. The minimum absolute atomic E-state index is 0.116. The Bertz CT molecular complexity index is 1130. The third kappa shape index (κ3) is 5.34. The summed E-state index contributed by atoms with van der Waals surface area (Å²) in [6.45, 7) is 4.07. The van der Waals surface area contributed by atoms with E-state index in [0.29, 0.717) is 0 Å². The summed E-state index contributed by atoms with van der Waals surface area (Å²) in [4.78, 5) is 64.1. The van der Waals surface area contributed by atoms with Crippen LogP contribution < -0.4 is 5.56 Å². The first kappa shape index (κ1) is 23.8. The van der Waals surface area contributed by atoms with Gasteiger partial charge in [-0.3, -0.25) is 33.6 Å². The lowest BCUT2D eigenvalue weighted by molar-refractivity contribution is -0.269. The maximum Gasteiger partial charge on any atom is 0.303 e. The molecule has 2 aromatic heterocycles. The Labute approximate surface area is 186 Å². The molecule has 0 amide bonds. The molecular formula is C19H22N4O10. The van der Waals surface area contributed by atoms with Gasteiger partial charge in [-0.05, 0) is 0 Å². The van der Waals surface area contributed by atoms with Crippen molar-refractivity contribution in [3.05, 3.63) is 22.9 Å². The molecule has 0 saturated carbocycles. The predicted octanol–water partition coefficient (Wildman–Crippen LogP) is -0.625. The van der Waals surface area contributed by atoms with Crippen LogP contribution in [-0.2, 0) is 42.9 Å². The number of esters is 4. The molecule has 0 unspecified atom stereocenters. The first-order valence-corrected chi connectivity index (χ1v) is 9.79. The predicted molar refractivity (Wildman–Crippen MR) is 105 cm³/mol. The molecule has 14 heteroatoms. The van der Waals surface area contributed by atoms with E-state index in [2.05, 4.69) is 15.2 Å². The number of carbonyl (C=O) groups excluding carboxylic acids is 4. The molecule has 5 atom stereocenters. The van der Waals surface area contributed by atoms with Crippen LogP contribution in [0.15, 0.2) is 17.3 Å². The van der Waals surface area contributed by atoms with Crippen LogP contribution >= 0.6 is 0 Å². The van der Waals surface area contributed by atoms with Crippen molar-refractivity contribution in [1.82, 2.24) is 19.7 Å². The largest absolute Gasteiger partial charge is 0.463 e. The van der Waals surface area contributed by atoms with Crippen molar-refractivity contribution in [1.29, 1.82) is 0 Å². The van der Waals surface area contributed by atoms with Crippen LogP contribution in [0, 0.1) is 0 Å². The van der Waals surface area contributed by atoms with Gasteiger partial charge in [0.25, 0.3) is 5.56 Å². The highest BCUT2D eigenvalue weighted by Crippen LogP contribution is 2.34. The molecule has 0 spiro atoms. The van der Waals surface area contributed by atoms with E-state index in [4.69, 9.17) is 23.7 Å². The summed E-state index contributed by atoms with van der Waals surface area (Å²) >= 11 is 0. The molecule has 0 bridgehead atoms. The van der Waals surface area contributed by atoms with Crippen molar-refractivity contribution in [2.45, 2.75) is 58.3 Å². The number of hydrogen-bond acceptors (Lipinski definition) is 12. The molecule has 1 N–H and O–H groups in total. The van der Waals surface area contributed by atoms with E-state index in [-0.39, 0.29) is 11.0 Å². The highest BCUT2D eigenvalue weighted by Gasteiger charge is 2.53. The molecule has 3 rings (SSSR count). The van der Waals surface area contributed by atoms with Crippen LogP contribution in [-0.4, -0.2) is 74.6 Å². The Balaban J connectivity index is 2.13. The Morgan fingerprint density at radius 2 is 1.58 bits per heavy atom. The van der Waals surface area contributed by atoms with Crippen molar-refractivity contribution >= 4 is 34.9 Å². The number of fused-ring (bicyclic) bond motifs is 1. The number of rotatable bonds is 6. The second kappa shape index (κ2) is 9.77. The van der Waals surface area contributed by atoms with E-state index >= 15 is 0 Å². The fourth-order valence-electron chi connectivity index (χ4n) is 3.46. The van der Waals surface area contributed by atoms with Crippen LogP contribution in [0.2, 0.25) is 0 Å². The zero-order valence-corrected chi connectivity index (χ0v) is 18.2. The summed E-state index contributed by atoms with van der Waals surface area (Å²) in [6, 6.07) is 0. The van der Waals surface area contributed by atoms with Gasteiger partial charge in [-0.2, -0.15) is 5.10 Å². The molecule has 14 nitrogen and oxygen atoms in total. The van der Waals surface area contributed by atoms with Gasteiger partial charge in [0.1, 0.15) is 24.4 Å². The van der Waals surface area contributed by atoms with Crippen molar-refractivity contribution < 1.29 is 42.9 Å². The average molecular weight is 466 g/mol. The van der Waals surface area contributed by atoms with Crippen molar-refractivity contribution in [2.75, 3.05) is 6.61 Å². The maximum atomic E-state index is 13.0. The van der Waals surface area contributed by atoms with Crippen molar-refractivity contribution in [2.24, 2.45) is 0 Å². The van der Waals surface area contributed by atoms with Gasteiger partial charge >= 0.3 is 23.9 Å². The van der Waals surface area contributed by atoms with Crippen LogP contribution in [0.25, 0.3) is 11.0 Å². The minimum atomic E-state index is -1.42. The summed E-state index contributed by atoms with van der Waals surface area (Å²) in [5.74, 6) is -2.97. The van der Waals surface area contributed by atoms with E-state index in [9.17, 15) is 24.0 Å². The van der Waals surface area contributed by atoms with E-state index in [1.165, 1.54) is 6.20 Å². The van der Waals surface area contributed by atoms with Crippen LogP contribution in [0.4, 0.5) is 0 Å². The summed E-state index contributed by atoms with van der Waals surface area (Å²) in [6.07, 6.45) is -4.34. The molecular weight excluding hydrogens is 444 g/mol. The topological polar surface area (TPSA) is 178 Å². The number of H-pyrrole nitrogens is 1. The van der Waals surface area contributed by atoms with E-state index < -0.39 is 66.7 Å². The van der Waals surface area contributed by atoms with Crippen LogP contribution in [0.1, 0.15) is 33.9 Å². The third-order valence-corrected chi connectivity index (χ3v) is 4.64. The Kier molecular flexibility index (Phi) is 7.06. The molecule has 3 heterocycles. The van der Waals surface area contributed by atoms with Gasteiger partial charge in [0, 0.05) is 27.7 Å². The van der Waals surface area contributed by atoms with Gasteiger partial charge in [-0.1, -0.05) is 0 Å². The third-order valence-electron chi connectivity index (χ3n) is 4.64. The molecule has 2 aromatic rings. The molecule has 33 heavy (non-hydrogen) atoms. The average Bonchev–Trinajstić information content (AvgIpc) is 3.19.